The van der Waals surface area contributed by atoms with Crippen molar-refractivity contribution < 1.29 is 25.2 Å². The topological polar surface area (TPSA) is 151 Å². The summed E-state index contributed by atoms with van der Waals surface area (Å²) in [4.78, 5) is 21.3. The smallest absolute Gasteiger partial charge is 0.309 e. The minimum atomic E-state index is -1.05. The highest BCUT2D eigenvalue weighted by molar-refractivity contribution is 5.70. The molecule has 0 saturated heterocycles. The average molecular weight is 755 g/mol. The summed E-state index contributed by atoms with van der Waals surface area (Å²) in [5.74, 6) is -0.219. The number of hydrogen-bond donors (Lipinski definition) is 5. The fraction of sp³-hybridized carbons (Fsp3) is 0.617. The van der Waals surface area contributed by atoms with Crippen molar-refractivity contribution in [2.24, 2.45) is 29.6 Å². The summed E-state index contributed by atoms with van der Waals surface area (Å²) in [5, 5.41) is 44.5. The number of aromatic nitrogens is 2. The number of carbonyl (C=O) groups is 1. The van der Waals surface area contributed by atoms with E-state index < -0.39 is 23.6 Å². The first-order valence-electron chi connectivity index (χ1n) is 21.4. The van der Waals surface area contributed by atoms with Gasteiger partial charge in [-0.3, -0.25) is 4.79 Å². The number of aliphatic carboxylic acids is 1. The molecule has 9 atom stereocenters. The molecule has 0 bridgehead atoms. The van der Waals surface area contributed by atoms with Crippen molar-refractivity contribution in [1.29, 1.82) is 0 Å². The molecule has 2 aliphatic rings. The molecule has 0 amide bonds. The van der Waals surface area contributed by atoms with Crippen molar-refractivity contribution in [3.05, 3.63) is 95.5 Å². The minimum Gasteiger partial charge on any atom is -0.667 e. The Hall–Kier alpha value is -3.46. The van der Waals surface area contributed by atoms with Crippen LogP contribution in [0.25, 0.3) is 0 Å². The second-order valence-electron chi connectivity index (χ2n) is 17.2. The molecule has 55 heavy (non-hydrogen) atoms. The van der Waals surface area contributed by atoms with Crippen LogP contribution in [-0.4, -0.2) is 49.2 Å². The number of aliphatic hydroxyl groups is 3. The summed E-state index contributed by atoms with van der Waals surface area (Å²) in [7, 11) is 0. The maximum atomic E-state index is 12.4. The molecule has 2 aliphatic carbocycles. The van der Waals surface area contributed by atoms with E-state index in [2.05, 4.69) is 61.3 Å². The van der Waals surface area contributed by atoms with Gasteiger partial charge >= 0.3 is 5.97 Å². The molecule has 302 valence electrons. The summed E-state index contributed by atoms with van der Waals surface area (Å²) < 4.78 is 0. The van der Waals surface area contributed by atoms with Gasteiger partial charge in [0.15, 0.2) is 0 Å². The SMILES string of the molecule is CCCCCC1C=CC(CCCCCC(C(=O)O)C(O)CCC2(O)CC(Cc3ccnc(N)c3)CC2Cc2cc(C(C)CCc3ccccc3)c[n-]2)C(O)C1. The van der Waals surface area contributed by atoms with Crippen LogP contribution in [0.15, 0.2) is 73.1 Å². The molecule has 9 unspecified atom stereocenters. The first-order valence-corrected chi connectivity index (χ1v) is 21.4. The third-order valence-corrected chi connectivity index (χ3v) is 12.9. The summed E-state index contributed by atoms with van der Waals surface area (Å²) in [6, 6.07) is 16.6. The number of nitrogen functional groups attached to an aromatic ring is 1. The van der Waals surface area contributed by atoms with Crippen LogP contribution in [-0.2, 0) is 24.1 Å². The second-order valence-corrected chi connectivity index (χ2v) is 17.2. The molecular weight excluding hydrogens is 687 g/mol. The second kappa shape index (κ2) is 21.2. The number of pyridine rings is 1. The zero-order chi connectivity index (χ0) is 39.2. The van der Waals surface area contributed by atoms with Crippen molar-refractivity contribution in [1.82, 2.24) is 9.97 Å². The van der Waals surface area contributed by atoms with Crippen LogP contribution in [0.3, 0.4) is 0 Å². The maximum Gasteiger partial charge on any atom is 0.309 e. The molecule has 3 aromatic rings. The van der Waals surface area contributed by atoms with E-state index in [4.69, 9.17) is 10.7 Å². The van der Waals surface area contributed by atoms with E-state index in [1.807, 2.05) is 24.4 Å². The number of nitrogens with zero attached hydrogens (tertiary/aromatic N) is 2. The Kier molecular flexibility index (Phi) is 16.4. The summed E-state index contributed by atoms with van der Waals surface area (Å²) in [5.41, 5.74) is 9.56. The molecule has 1 saturated carbocycles. The van der Waals surface area contributed by atoms with Gasteiger partial charge in [-0.2, -0.15) is 11.9 Å². The molecule has 8 nitrogen and oxygen atoms in total. The lowest BCUT2D eigenvalue weighted by molar-refractivity contribution is -0.146. The van der Waals surface area contributed by atoms with Gasteiger partial charge in [0.05, 0.1) is 23.7 Å². The lowest BCUT2D eigenvalue weighted by atomic mass is 9.80. The van der Waals surface area contributed by atoms with Gasteiger partial charge in [-0.25, -0.2) is 4.98 Å². The van der Waals surface area contributed by atoms with Gasteiger partial charge in [-0.05, 0) is 124 Å². The summed E-state index contributed by atoms with van der Waals surface area (Å²) >= 11 is 0. The van der Waals surface area contributed by atoms with Crippen molar-refractivity contribution in [3.63, 3.8) is 0 Å². The first-order chi connectivity index (χ1) is 26.5. The Morgan fingerprint density at radius 1 is 0.964 bits per heavy atom. The van der Waals surface area contributed by atoms with Crippen LogP contribution in [0.2, 0.25) is 0 Å². The van der Waals surface area contributed by atoms with E-state index in [-0.39, 0.29) is 30.3 Å². The predicted molar refractivity (Wildman–Crippen MR) is 220 cm³/mol. The van der Waals surface area contributed by atoms with Crippen LogP contribution in [0, 0.1) is 29.6 Å². The number of aliphatic hydroxyl groups excluding tert-OH is 2. The van der Waals surface area contributed by atoms with Gasteiger partial charge in [0.1, 0.15) is 5.82 Å². The highest BCUT2D eigenvalue weighted by atomic mass is 16.4. The molecular formula is C47H68N3O5-. The number of benzene rings is 1. The molecule has 5 rings (SSSR count). The number of nitrogens with two attached hydrogens (primary N) is 1. The van der Waals surface area contributed by atoms with E-state index in [9.17, 15) is 25.2 Å². The zero-order valence-corrected chi connectivity index (χ0v) is 33.4. The number of hydrogen-bond acceptors (Lipinski definition) is 6. The van der Waals surface area contributed by atoms with E-state index in [1.165, 1.54) is 30.4 Å². The van der Waals surface area contributed by atoms with E-state index in [0.29, 0.717) is 49.8 Å². The Morgan fingerprint density at radius 2 is 1.76 bits per heavy atom. The Morgan fingerprint density at radius 3 is 2.51 bits per heavy atom. The van der Waals surface area contributed by atoms with Crippen LogP contribution >= 0.6 is 0 Å². The zero-order valence-electron chi connectivity index (χ0n) is 33.4. The number of carboxylic acid groups (broad SMARTS) is 1. The van der Waals surface area contributed by atoms with Gasteiger partial charge in [-0.1, -0.05) is 106 Å². The molecule has 0 radical (unpaired) electrons. The van der Waals surface area contributed by atoms with Crippen molar-refractivity contribution in [3.8, 4) is 0 Å². The van der Waals surface area contributed by atoms with Gasteiger partial charge in [-0.15, -0.1) is 0 Å². The standard InChI is InChI=1S/C47H68N3O5/c1-3-4-7-14-35-19-20-38(44(52)27-35)15-10-6-11-16-42(46(53)54)43(51)21-23-47(55)31-37(25-36-22-24-49-45(48)28-36)26-40(47)30-41-29-39(32-50-41)33(2)17-18-34-12-8-5-9-13-34/h5,8-9,12-13,19-20,22,24,28-29,32-33,35,37-38,40,42-44,51-52,55H,3-4,6-7,10-11,14-18,21,23,25-27,30-31H2,1-2H3,(H2,48,49)(H,53,54)/q-1. The van der Waals surface area contributed by atoms with Crippen LogP contribution < -0.4 is 10.7 Å². The van der Waals surface area contributed by atoms with E-state index >= 15 is 0 Å². The Labute approximate surface area is 330 Å². The lowest BCUT2D eigenvalue weighted by Gasteiger charge is -2.33. The Bertz CT molecular complexity index is 1610. The monoisotopic (exact) mass is 755 g/mol. The number of unbranched alkanes of at least 4 members (excludes halogenated alkanes) is 4. The third kappa shape index (κ3) is 13.0. The van der Waals surface area contributed by atoms with Gasteiger partial charge in [0.2, 0.25) is 0 Å². The third-order valence-electron chi connectivity index (χ3n) is 12.9. The summed E-state index contributed by atoms with van der Waals surface area (Å²) in [6.45, 7) is 4.46. The fourth-order valence-corrected chi connectivity index (χ4v) is 9.47. The Balaban J connectivity index is 1.14. The number of carboxylic acids is 1. The molecule has 0 aliphatic heterocycles. The van der Waals surface area contributed by atoms with Gasteiger partial charge in [0, 0.05) is 12.1 Å². The fourth-order valence-electron chi connectivity index (χ4n) is 9.47. The molecule has 6 N–H and O–H groups in total. The van der Waals surface area contributed by atoms with Crippen LogP contribution in [0.5, 0.6) is 0 Å². The average Bonchev–Trinajstić information content (AvgIpc) is 3.76. The molecule has 2 heterocycles. The number of allylic oxidation sites excluding steroid dienone is 1. The molecule has 8 heteroatoms. The number of rotatable bonds is 23. The normalized spacial score (nSPS) is 25.5. The van der Waals surface area contributed by atoms with Crippen LogP contribution in [0.1, 0.15) is 138 Å². The van der Waals surface area contributed by atoms with E-state index in [0.717, 1.165) is 69.0 Å². The summed E-state index contributed by atoms with van der Waals surface area (Å²) in [6.07, 6.45) is 21.7. The number of aryl methyl sites for hydroxylation is 1. The van der Waals surface area contributed by atoms with Crippen molar-refractivity contribution >= 4 is 11.8 Å². The first kappa shape index (κ1) is 42.7. The predicted octanol–water partition coefficient (Wildman–Crippen LogP) is 8.83. The van der Waals surface area contributed by atoms with Gasteiger partial charge < -0.3 is 31.1 Å². The van der Waals surface area contributed by atoms with Crippen molar-refractivity contribution in [2.45, 2.75) is 153 Å². The molecule has 1 fully saturated rings. The quantitative estimate of drug-likeness (QED) is 0.0476. The maximum absolute atomic E-state index is 12.4. The molecule has 1 aromatic carbocycles. The van der Waals surface area contributed by atoms with Crippen LogP contribution in [0.4, 0.5) is 5.82 Å². The largest absolute Gasteiger partial charge is 0.667 e. The van der Waals surface area contributed by atoms with E-state index in [1.54, 1.807) is 6.20 Å². The van der Waals surface area contributed by atoms with Gasteiger partial charge in [0.25, 0.3) is 0 Å². The highest BCUT2D eigenvalue weighted by Gasteiger charge is 2.45. The van der Waals surface area contributed by atoms with Crippen molar-refractivity contribution in [2.75, 3.05) is 5.73 Å². The highest BCUT2D eigenvalue weighted by Crippen LogP contribution is 2.46. The molecule has 0 spiro atoms. The number of anilines is 1. The minimum absolute atomic E-state index is 0.0645. The lowest BCUT2D eigenvalue weighted by Crippen LogP contribution is -2.37. The molecule has 2 aromatic heterocycles.